The van der Waals surface area contributed by atoms with E-state index < -0.39 is 0 Å². The third-order valence-electron chi connectivity index (χ3n) is 9.18. The van der Waals surface area contributed by atoms with Crippen molar-refractivity contribution < 1.29 is 0 Å². The lowest BCUT2D eigenvalue weighted by Gasteiger charge is -2.10. The molecule has 0 amide bonds. The van der Waals surface area contributed by atoms with Gasteiger partial charge >= 0.3 is 0 Å². The van der Waals surface area contributed by atoms with Gasteiger partial charge in [0.15, 0.2) is 0 Å². The van der Waals surface area contributed by atoms with Crippen molar-refractivity contribution in [3.05, 3.63) is 168 Å². The van der Waals surface area contributed by atoms with Crippen LogP contribution in [0.2, 0.25) is 0 Å². The summed E-state index contributed by atoms with van der Waals surface area (Å²) in [4.78, 5) is 1.25. The second kappa shape index (κ2) is 11.9. The number of allylic oxidation sites excluding steroid dienone is 4. The molecule has 2 heterocycles. The second-order valence-corrected chi connectivity index (χ2v) is 12.9. The van der Waals surface area contributed by atoms with Crippen LogP contribution in [0.3, 0.4) is 0 Å². The van der Waals surface area contributed by atoms with E-state index in [4.69, 9.17) is 5.73 Å². The summed E-state index contributed by atoms with van der Waals surface area (Å²) in [6.45, 7) is 6.93. The van der Waals surface area contributed by atoms with Gasteiger partial charge in [-0.15, -0.1) is 11.3 Å². The summed E-state index contributed by atoms with van der Waals surface area (Å²) in [7, 11) is 0. The van der Waals surface area contributed by atoms with Gasteiger partial charge in [-0.25, -0.2) is 0 Å². The Bertz CT molecular complexity index is 2560. The normalized spacial score (nSPS) is 12.8. The molecule has 8 rings (SSSR count). The first-order valence-corrected chi connectivity index (χ1v) is 16.8. The van der Waals surface area contributed by atoms with Crippen molar-refractivity contribution in [3.8, 4) is 0 Å². The van der Waals surface area contributed by atoms with E-state index in [-0.39, 0.29) is 0 Å². The van der Waals surface area contributed by atoms with Crippen LogP contribution >= 0.6 is 11.3 Å². The molecule has 0 bridgehead atoms. The lowest BCUT2D eigenvalue weighted by Crippen LogP contribution is -1.99. The highest BCUT2D eigenvalue weighted by molar-refractivity contribution is 7.21. The molecule has 2 nitrogen and oxygen atoms in total. The Morgan fingerprint density at radius 1 is 0.702 bits per heavy atom. The molecule has 226 valence electrons. The molecule has 0 aliphatic carbocycles. The maximum absolute atomic E-state index is 6.65. The third kappa shape index (κ3) is 4.88. The Balaban J connectivity index is 1.35. The summed E-state index contributed by atoms with van der Waals surface area (Å²) in [5.41, 5.74) is 14.3. The molecule has 0 spiro atoms. The summed E-state index contributed by atoms with van der Waals surface area (Å²) < 4.78 is 3.76. The van der Waals surface area contributed by atoms with E-state index in [0.29, 0.717) is 6.54 Å². The van der Waals surface area contributed by atoms with Crippen LogP contribution in [0.1, 0.15) is 28.5 Å². The molecule has 2 aromatic heterocycles. The standard InChI is InChI=1S/C44H34N2S/c1-3-13-41-33(4-2)36-23-21-31-20-22-35-34(42(31)44(36)47-41)24-25-40-43(35)37-18-11-12-19-39(37)46(40)27-26-32(29-14-7-5-8-15-29)28-38(45)30-16-9-6-10-17-30/h3-26,28H,2,27,45H2,1H3/b13-3-,32-26+,38-28-. The number of para-hydroxylation sites is 1. The molecule has 6 aromatic carbocycles. The predicted molar refractivity (Wildman–Crippen MR) is 208 cm³/mol. The molecule has 0 radical (unpaired) electrons. The number of fused-ring (bicyclic) bond motifs is 9. The zero-order valence-corrected chi connectivity index (χ0v) is 27.1. The van der Waals surface area contributed by atoms with E-state index in [2.05, 4.69) is 146 Å². The van der Waals surface area contributed by atoms with Crippen molar-refractivity contribution >= 4 is 88.2 Å². The summed E-state index contributed by atoms with van der Waals surface area (Å²) >= 11 is 1.86. The number of nitrogens with zero attached hydrogens (tertiary/aromatic N) is 1. The molecule has 0 unspecified atom stereocenters. The smallest absolute Gasteiger partial charge is 0.0500 e. The van der Waals surface area contributed by atoms with Crippen LogP contribution in [0.15, 0.2) is 146 Å². The van der Waals surface area contributed by atoms with Crippen molar-refractivity contribution in [3.63, 3.8) is 0 Å². The Morgan fingerprint density at radius 3 is 2.11 bits per heavy atom. The molecule has 3 heteroatoms. The van der Waals surface area contributed by atoms with Crippen LogP contribution in [-0.4, -0.2) is 4.57 Å². The summed E-state index contributed by atoms with van der Waals surface area (Å²) in [6, 6.07) is 43.2. The number of thiophene rings is 1. The van der Waals surface area contributed by atoms with E-state index in [1.807, 2.05) is 35.6 Å². The van der Waals surface area contributed by atoms with Gasteiger partial charge < -0.3 is 10.3 Å². The Labute approximate surface area is 278 Å². The number of rotatable bonds is 7. The lowest BCUT2D eigenvalue weighted by atomic mass is 9.96. The molecule has 2 N–H and O–H groups in total. The molecule has 8 aromatic rings. The minimum atomic E-state index is 0.705. The van der Waals surface area contributed by atoms with E-state index in [1.165, 1.54) is 63.9 Å². The summed E-state index contributed by atoms with van der Waals surface area (Å²) in [6.07, 6.45) is 10.7. The topological polar surface area (TPSA) is 30.9 Å². The highest BCUT2D eigenvalue weighted by atomic mass is 32.1. The molecule has 0 aliphatic heterocycles. The SMILES string of the molecule is C=Cc1c(/C=C\C)sc2c1ccc1ccc3c(ccc4c3c3ccccc3n4C/C=C(\C=C(/N)c3ccccc3)c3ccccc3)c12. The van der Waals surface area contributed by atoms with Crippen LogP contribution in [0.5, 0.6) is 0 Å². The fourth-order valence-corrected chi connectivity index (χ4v) is 8.35. The molecular weight excluding hydrogens is 589 g/mol. The van der Waals surface area contributed by atoms with Crippen LogP contribution in [-0.2, 0) is 6.54 Å². The second-order valence-electron chi connectivity index (χ2n) is 11.9. The van der Waals surface area contributed by atoms with E-state index >= 15 is 0 Å². The van der Waals surface area contributed by atoms with Crippen molar-refractivity contribution in [2.75, 3.05) is 0 Å². The first-order valence-electron chi connectivity index (χ1n) is 16.0. The fraction of sp³-hybridized carbons (Fsp3) is 0.0455. The van der Waals surface area contributed by atoms with Crippen molar-refractivity contribution in [1.82, 2.24) is 4.57 Å². The first-order chi connectivity index (χ1) is 23.2. The predicted octanol–water partition coefficient (Wildman–Crippen LogP) is 12.1. The van der Waals surface area contributed by atoms with Gasteiger partial charge in [-0.1, -0.05) is 134 Å². The zero-order chi connectivity index (χ0) is 31.9. The molecule has 0 fully saturated rings. The molecule has 47 heavy (non-hydrogen) atoms. The largest absolute Gasteiger partial charge is 0.398 e. The summed E-state index contributed by atoms with van der Waals surface area (Å²) in [5, 5.41) is 8.96. The molecule has 0 aliphatic rings. The van der Waals surface area contributed by atoms with Gasteiger partial charge in [0, 0.05) is 48.9 Å². The molecule has 0 atom stereocenters. The highest BCUT2D eigenvalue weighted by Gasteiger charge is 2.17. The zero-order valence-electron chi connectivity index (χ0n) is 26.3. The quantitative estimate of drug-likeness (QED) is 0.139. The molecular formula is C44H34N2S. The molecule has 0 saturated carbocycles. The van der Waals surface area contributed by atoms with Crippen LogP contribution < -0.4 is 5.73 Å². The van der Waals surface area contributed by atoms with E-state index in [9.17, 15) is 0 Å². The first kappa shape index (κ1) is 28.8. The Kier molecular flexibility index (Phi) is 7.32. The van der Waals surface area contributed by atoms with Gasteiger partial charge in [0.2, 0.25) is 0 Å². The number of nitrogens with two attached hydrogens (primary N) is 1. The van der Waals surface area contributed by atoms with Gasteiger partial charge in [0.1, 0.15) is 0 Å². The minimum Gasteiger partial charge on any atom is -0.398 e. The van der Waals surface area contributed by atoms with E-state index in [1.54, 1.807) is 0 Å². The van der Waals surface area contributed by atoms with Crippen molar-refractivity contribution in [2.24, 2.45) is 5.73 Å². The highest BCUT2D eigenvalue weighted by Crippen LogP contribution is 2.43. The van der Waals surface area contributed by atoms with Crippen LogP contribution in [0.25, 0.3) is 76.9 Å². The minimum absolute atomic E-state index is 0.705. The van der Waals surface area contributed by atoms with Crippen LogP contribution in [0.4, 0.5) is 0 Å². The van der Waals surface area contributed by atoms with Gasteiger partial charge in [-0.3, -0.25) is 0 Å². The van der Waals surface area contributed by atoms with Gasteiger partial charge in [-0.2, -0.15) is 0 Å². The summed E-state index contributed by atoms with van der Waals surface area (Å²) in [5.74, 6) is 0. The number of hydrogen-bond donors (Lipinski definition) is 1. The van der Waals surface area contributed by atoms with Gasteiger partial charge in [0.05, 0.1) is 5.52 Å². The van der Waals surface area contributed by atoms with Crippen molar-refractivity contribution in [1.29, 1.82) is 0 Å². The lowest BCUT2D eigenvalue weighted by molar-refractivity contribution is 0.901. The van der Waals surface area contributed by atoms with Crippen molar-refractivity contribution in [2.45, 2.75) is 13.5 Å². The van der Waals surface area contributed by atoms with Crippen LogP contribution in [0, 0.1) is 0 Å². The average Bonchev–Trinajstić information content (AvgIpc) is 3.65. The number of aromatic nitrogens is 1. The fourth-order valence-electron chi connectivity index (χ4n) is 7.01. The number of hydrogen-bond acceptors (Lipinski definition) is 2. The monoisotopic (exact) mass is 622 g/mol. The Hall–Kier alpha value is -5.64. The van der Waals surface area contributed by atoms with E-state index in [0.717, 1.165) is 22.4 Å². The van der Waals surface area contributed by atoms with Gasteiger partial charge in [0.25, 0.3) is 0 Å². The average molecular weight is 623 g/mol. The maximum atomic E-state index is 6.65. The van der Waals surface area contributed by atoms with Gasteiger partial charge in [-0.05, 0) is 69.6 Å². The third-order valence-corrected chi connectivity index (χ3v) is 10.4. The Morgan fingerprint density at radius 2 is 1.36 bits per heavy atom. The number of benzene rings is 6. The molecule has 0 saturated heterocycles. The maximum Gasteiger partial charge on any atom is 0.0500 e.